The van der Waals surface area contributed by atoms with Crippen LogP contribution in [0.1, 0.15) is 46.5 Å². The lowest BCUT2D eigenvalue weighted by atomic mass is 9.90. The number of hydrogen-bond donors (Lipinski definition) is 0. The standard InChI is InChI=1S/C18H30N2O4/c1-18(2,3)24-17(22)19-6-4-5-13(9-19)10-20-14-7-16(21)8-15(20)12-23-11-14/h13-15H,4-12H2,1-3H3/t13-,14-,15+/m1/s1. The van der Waals surface area contributed by atoms with E-state index in [4.69, 9.17) is 9.47 Å². The van der Waals surface area contributed by atoms with Crippen LogP contribution in [0.2, 0.25) is 0 Å². The zero-order valence-electron chi connectivity index (χ0n) is 15.1. The number of morpholine rings is 1. The lowest BCUT2D eigenvalue weighted by molar-refractivity contribution is -0.137. The second-order valence-corrected chi connectivity index (χ2v) is 8.42. The molecule has 24 heavy (non-hydrogen) atoms. The van der Waals surface area contributed by atoms with E-state index in [2.05, 4.69) is 4.90 Å². The van der Waals surface area contributed by atoms with Crippen LogP contribution in [0.25, 0.3) is 0 Å². The van der Waals surface area contributed by atoms with Crippen LogP contribution in [0, 0.1) is 5.92 Å². The molecule has 6 nitrogen and oxygen atoms in total. The molecular formula is C18H30N2O4. The SMILES string of the molecule is CC(C)(C)OC(=O)N1CCC[C@@H](CN2[C@@H]3COC[C@H]2CC(=O)C3)C1. The van der Waals surface area contributed by atoms with Crippen LogP contribution in [0.15, 0.2) is 0 Å². The Morgan fingerprint density at radius 2 is 1.92 bits per heavy atom. The predicted octanol–water partition coefficient (Wildman–Crippen LogP) is 2.07. The Morgan fingerprint density at radius 3 is 2.54 bits per heavy atom. The number of ketones is 1. The number of carbonyl (C=O) groups excluding carboxylic acids is 2. The zero-order valence-corrected chi connectivity index (χ0v) is 15.1. The van der Waals surface area contributed by atoms with Gasteiger partial charge in [0.25, 0.3) is 0 Å². The summed E-state index contributed by atoms with van der Waals surface area (Å²) in [4.78, 5) is 28.5. The summed E-state index contributed by atoms with van der Waals surface area (Å²) in [6, 6.07) is 0.448. The van der Waals surface area contributed by atoms with E-state index < -0.39 is 5.60 Å². The minimum Gasteiger partial charge on any atom is -0.444 e. The van der Waals surface area contributed by atoms with Crippen LogP contribution < -0.4 is 0 Å². The van der Waals surface area contributed by atoms with Gasteiger partial charge in [0.15, 0.2) is 0 Å². The Bertz CT molecular complexity index is 472. The van der Waals surface area contributed by atoms with Gasteiger partial charge in [-0.3, -0.25) is 9.69 Å². The van der Waals surface area contributed by atoms with Crippen molar-refractivity contribution in [3.8, 4) is 0 Å². The quantitative estimate of drug-likeness (QED) is 0.771. The van der Waals surface area contributed by atoms with Gasteiger partial charge in [0.2, 0.25) is 0 Å². The van der Waals surface area contributed by atoms with Gasteiger partial charge in [-0.15, -0.1) is 0 Å². The molecule has 0 radical (unpaired) electrons. The van der Waals surface area contributed by atoms with Crippen molar-refractivity contribution in [1.82, 2.24) is 9.80 Å². The Morgan fingerprint density at radius 1 is 1.25 bits per heavy atom. The van der Waals surface area contributed by atoms with Gasteiger partial charge >= 0.3 is 6.09 Å². The first-order valence-electron chi connectivity index (χ1n) is 9.15. The molecule has 0 saturated carbocycles. The van der Waals surface area contributed by atoms with Crippen molar-refractivity contribution in [3.63, 3.8) is 0 Å². The second kappa shape index (κ2) is 7.00. The summed E-state index contributed by atoms with van der Waals surface area (Å²) >= 11 is 0. The third-order valence-corrected chi connectivity index (χ3v) is 5.12. The predicted molar refractivity (Wildman–Crippen MR) is 89.9 cm³/mol. The molecule has 3 fully saturated rings. The molecule has 3 aliphatic rings. The van der Waals surface area contributed by atoms with Crippen molar-refractivity contribution in [3.05, 3.63) is 0 Å². The van der Waals surface area contributed by atoms with Gasteiger partial charge in [0, 0.05) is 44.6 Å². The molecule has 0 N–H and O–H groups in total. The van der Waals surface area contributed by atoms with Crippen LogP contribution in [0.4, 0.5) is 4.79 Å². The van der Waals surface area contributed by atoms with Crippen molar-refractivity contribution in [2.75, 3.05) is 32.8 Å². The average Bonchev–Trinajstić information content (AvgIpc) is 2.47. The molecule has 3 atom stereocenters. The van der Waals surface area contributed by atoms with E-state index in [9.17, 15) is 9.59 Å². The van der Waals surface area contributed by atoms with Crippen molar-refractivity contribution >= 4 is 11.9 Å². The highest BCUT2D eigenvalue weighted by Crippen LogP contribution is 2.29. The van der Waals surface area contributed by atoms with Gasteiger partial charge < -0.3 is 14.4 Å². The van der Waals surface area contributed by atoms with E-state index in [-0.39, 0.29) is 18.2 Å². The number of hydrogen-bond acceptors (Lipinski definition) is 5. The Balaban J connectivity index is 1.57. The summed E-state index contributed by atoms with van der Waals surface area (Å²) in [5.41, 5.74) is -0.453. The van der Waals surface area contributed by atoms with Crippen molar-refractivity contribution in [2.45, 2.75) is 64.1 Å². The first-order valence-corrected chi connectivity index (χ1v) is 9.15. The molecule has 3 rings (SSSR count). The fourth-order valence-corrected chi connectivity index (χ4v) is 4.09. The number of rotatable bonds is 2. The Kier molecular flexibility index (Phi) is 5.16. The van der Waals surface area contributed by atoms with Gasteiger partial charge in [-0.25, -0.2) is 4.79 Å². The minimum absolute atomic E-state index is 0.204. The highest BCUT2D eigenvalue weighted by molar-refractivity contribution is 5.80. The van der Waals surface area contributed by atoms with Crippen molar-refractivity contribution in [2.24, 2.45) is 5.92 Å². The second-order valence-electron chi connectivity index (χ2n) is 8.42. The maximum Gasteiger partial charge on any atom is 0.410 e. The Hall–Kier alpha value is -1.14. The molecule has 3 heterocycles. The molecule has 3 aliphatic heterocycles. The van der Waals surface area contributed by atoms with E-state index in [1.165, 1.54) is 0 Å². The fraction of sp³-hybridized carbons (Fsp3) is 0.889. The average molecular weight is 338 g/mol. The number of piperidine rings is 2. The third-order valence-electron chi connectivity index (χ3n) is 5.12. The van der Waals surface area contributed by atoms with E-state index >= 15 is 0 Å². The molecule has 0 aromatic carbocycles. The molecule has 1 amide bonds. The van der Waals surface area contributed by atoms with Crippen molar-refractivity contribution in [1.29, 1.82) is 0 Å². The molecule has 0 aromatic heterocycles. The minimum atomic E-state index is -0.453. The molecule has 136 valence electrons. The molecule has 0 unspecified atom stereocenters. The topological polar surface area (TPSA) is 59.1 Å². The molecule has 0 spiro atoms. The van der Waals surface area contributed by atoms with E-state index in [0.717, 1.165) is 32.5 Å². The molecular weight excluding hydrogens is 308 g/mol. The van der Waals surface area contributed by atoms with Gasteiger partial charge in [-0.05, 0) is 39.5 Å². The lowest BCUT2D eigenvalue weighted by Crippen LogP contribution is -2.59. The largest absolute Gasteiger partial charge is 0.444 e. The number of amides is 1. The summed E-state index contributed by atoms with van der Waals surface area (Å²) in [6.45, 7) is 9.50. The molecule has 0 aromatic rings. The first-order chi connectivity index (χ1) is 11.3. The molecule has 6 heteroatoms. The van der Waals surface area contributed by atoms with Crippen molar-refractivity contribution < 1.29 is 19.1 Å². The normalized spacial score (nSPS) is 31.9. The number of carbonyl (C=O) groups is 2. The number of Topliss-reactive ketones (excluding diaryl/α,β-unsaturated/α-hetero) is 1. The summed E-state index contributed by atoms with van der Waals surface area (Å²) < 4.78 is 11.2. The lowest BCUT2D eigenvalue weighted by Gasteiger charge is -2.47. The van der Waals surface area contributed by atoms with Crippen LogP contribution in [0.3, 0.4) is 0 Å². The van der Waals surface area contributed by atoms with Crippen LogP contribution >= 0.6 is 0 Å². The van der Waals surface area contributed by atoms with E-state index in [0.29, 0.717) is 37.8 Å². The Labute approximate surface area is 144 Å². The maximum atomic E-state index is 12.3. The first kappa shape index (κ1) is 17.7. The number of ether oxygens (including phenoxy) is 2. The number of likely N-dealkylation sites (tertiary alicyclic amines) is 1. The summed E-state index contributed by atoms with van der Waals surface area (Å²) in [5, 5.41) is 0. The molecule has 0 aliphatic carbocycles. The maximum absolute atomic E-state index is 12.3. The van der Waals surface area contributed by atoms with Gasteiger partial charge in [-0.2, -0.15) is 0 Å². The van der Waals surface area contributed by atoms with E-state index in [1.54, 1.807) is 0 Å². The fourth-order valence-electron chi connectivity index (χ4n) is 4.09. The summed E-state index contributed by atoms with van der Waals surface area (Å²) in [5.74, 6) is 0.811. The highest BCUT2D eigenvalue weighted by atomic mass is 16.6. The van der Waals surface area contributed by atoms with Gasteiger partial charge in [0.05, 0.1) is 13.2 Å². The van der Waals surface area contributed by atoms with Crippen LogP contribution in [0.5, 0.6) is 0 Å². The summed E-state index contributed by atoms with van der Waals surface area (Å²) in [7, 11) is 0. The third kappa shape index (κ3) is 4.28. The van der Waals surface area contributed by atoms with Crippen LogP contribution in [-0.2, 0) is 14.3 Å². The van der Waals surface area contributed by atoms with E-state index in [1.807, 2.05) is 25.7 Å². The summed E-state index contributed by atoms with van der Waals surface area (Å²) in [6.07, 6.45) is 3.16. The number of fused-ring (bicyclic) bond motifs is 2. The number of nitrogens with zero attached hydrogens (tertiary/aromatic N) is 2. The van der Waals surface area contributed by atoms with Gasteiger partial charge in [0.1, 0.15) is 11.4 Å². The highest BCUT2D eigenvalue weighted by Gasteiger charge is 2.40. The van der Waals surface area contributed by atoms with Crippen LogP contribution in [-0.4, -0.2) is 72.2 Å². The smallest absolute Gasteiger partial charge is 0.410 e. The zero-order chi connectivity index (χ0) is 17.3. The van der Waals surface area contributed by atoms with Gasteiger partial charge in [-0.1, -0.05) is 0 Å². The monoisotopic (exact) mass is 338 g/mol. The molecule has 2 bridgehead atoms. The molecule has 3 saturated heterocycles.